The Balaban J connectivity index is 2.19. The number of carbonyl (C=O) groups is 1. The lowest BCUT2D eigenvalue weighted by atomic mass is 10.1. The molecule has 0 saturated carbocycles. The second-order valence-electron chi connectivity index (χ2n) is 5.52. The highest BCUT2D eigenvalue weighted by molar-refractivity contribution is 7.98. The van der Waals surface area contributed by atoms with E-state index < -0.39 is 10.9 Å². The van der Waals surface area contributed by atoms with Gasteiger partial charge < -0.3 is 4.74 Å². The SMILES string of the molecule is CCOC(=O)c1cc(-c2ccc(SC)cc2)n(-c2ccccc2[N+](=O)[O-])n1. The molecule has 8 heteroatoms. The van der Waals surface area contributed by atoms with Crippen molar-refractivity contribution >= 4 is 23.4 Å². The van der Waals surface area contributed by atoms with E-state index in [1.54, 1.807) is 43.0 Å². The number of carbonyl (C=O) groups excluding carboxylic acids is 1. The molecule has 0 fully saturated rings. The van der Waals surface area contributed by atoms with Crippen LogP contribution in [0.15, 0.2) is 59.5 Å². The molecule has 0 amide bonds. The van der Waals surface area contributed by atoms with Crippen molar-refractivity contribution in [1.82, 2.24) is 9.78 Å². The molecule has 138 valence electrons. The molecule has 0 saturated heterocycles. The van der Waals surface area contributed by atoms with Crippen molar-refractivity contribution in [3.63, 3.8) is 0 Å². The first-order valence-corrected chi connectivity index (χ1v) is 9.43. The third-order valence-electron chi connectivity index (χ3n) is 3.89. The van der Waals surface area contributed by atoms with Gasteiger partial charge in [0.2, 0.25) is 0 Å². The van der Waals surface area contributed by atoms with Crippen LogP contribution in [0.2, 0.25) is 0 Å². The van der Waals surface area contributed by atoms with Crippen LogP contribution in [0.5, 0.6) is 0 Å². The molecule has 1 heterocycles. The first kappa shape index (κ1) is 18.7. The molecule has 0 radical (unpaired) electrons. The molecule has 1 aromatic heterocycles. The van der Waals surface area contributed by atoms with Gasteiger partial charge in [-0.1, -0.05) is 24.3 Å². The van der Waals surface area contributed by atoms with Crippen LogP contribution in [0.3, 0.4) is 0 Å². The first-order valence-electron chi connectivity index (χ1n) is 8.20. The van der Waals surface area contributed by atoms with E-state index in [0.29, 0.717) is 5.69 Å². The van der Waals surface area contributed by atoms with Crippen LogP contribution < -0.4 is 0 Å². The van der Waals surface area contributed by atoms with Gasteiger partial charge in [-0.15, -0.1) is 11.8 Å². The predicted octanol–water partition coefficient (Wildman–Crippen LogP) is 4.35. The van der Waals surface area contributed by atoms with Crippen LogP contribution in [0.1, 0.15) is 17.4 Å². The number of nitro benzene ring substituents is 1. The zero-order valence-corrected chi connectivity index (χ0v) is 15.6. The second-order valence-corrected chi connectivity index (χ2v) is 6.40. The Morgan fingerprint density at radius 3 is 2.56 bits per heavy atom. The largest absolute Gasteiger partial charge is 0.461 e. The Labute approximate surface area is 160 Å². The van der Waals surface area contributed by atoms with E-state index >= 15 is 0 Å². The van der Waals surface area contributed by atoms with Gasteiger partial charge in [-0.05, 0) is 37.4 Å². The Morgan fingerprint density at radius 2 is 1.93 bits per heavy atom. The van der Waals surface area contributed by atoms with Crippen LogP contribution in [0, 0.1) is 10.1 Å². The number of hydrogen-bond acceptors (Lipinski definition) is 6. The minimum Gasteiger partial charge on any atom is -0.461 e. The molecular formula is C19H17N3O4S. The van der Waals surface area contributed by atoms with Gasteiger partial charge in [0.05, 0.1) is 17.2 Å². The van der Waals surface area contributed by atoms with Crippen LogP contribution in [0.4, 0.5) is 5.69 Å². The van der Waals surface area contributed by atoms with E-state index in [1.807, 2.05) is 30.5 Å². The molecule has 0 aliphatic carbocycles. The zero-order valence-electron chi connectivity index (χ0n) is 14.8. The lowest BCUT2D eigenvalue weighted by Crippen LogP contribution is -2.08. The van der Waals surface area contributed by atoms with Gasteiger partial charge in [0, 0.05) is 16.5 Å². The van der Waals surface area contributed by atoms with E-state index in [1.165, 1.54) is 10.7 Å². The summed E-state index contributed by atoms with van der Waals surface area (Å²) in [6, 6.07) is 15.5. The van der Waals surface area contributed by atoms with Crippen LogP contribution >= 0.6 is 11.8 Å². The summed E-state index contributed by atoms with van der Waals surface area (Å²) in [4.78, 5) is 24.2. The van der Waals surface area contributed by atoms with Crippen LogP contribution in [-0.2, 0) is 4.74 Å². The molecule has 0 N–H and O–H groups in total. The molecular weight excluding hydrogens is 366 g/mol. The highest BCUT2D eigenvalue weighted by Gasteiger charge is 2.22. The summed E-state index contributed by atoms with van der Waals surface area (Å²) >= 11 is 1.61. The fraction of sp³-hybridized carbons (Fsp3) is 0.158. The van der Waals surface area contributed by atoms with E-state index in [4.69, 9.17) is 4.74 Å². The highest BCUT2D eigenvalue weighted by atomic mass is 32.2. The number of hydrogen-bond donors (Lipinski definition) is 0. The fourth-order valence-corrected chi connectivity index (χ4v) is 3.04. The van der Waals surface area contributed by atoms with E-state index in [0.717, 1.165) is 10.5 Å². The Morgan fingerprint density at radius 1 is 1.22 bits per heavy atom. The lowest BCUT2D eigenvalue weighted by molar-refractivity contribution is -0.384. The number of ether oxygens (including phenoxy) is 1. The van der Waals surface area contributed by atoms with Crippen molar-refractivity contribution in [2.24, 2.45) is 0 Å². The number of para-hydroxylation sites is 2. The number of rotatable bonds is 6. The molecule has 0 aliphatic rings. The van der Waals surface area contributed by atoms with Crippen LogP contribution in [0.25, 0.3) is 16.9 Å². The minimum absolute atomic E-state index is 0.0962. The minimum atomic E-state index is -0.572. The number of aromatic nitrogens is 2. The maximum absolute atomic E-state index is 12.2. The average Bonchev–Trinajstić information content (AvgIpc) is 3.13. The van der Waals surface area contributed by atoms with E-state index in [9.17, 15) is 14.9 Å². The monoisotopic (exact) mass is 383 g/mol. The Kier molecular flexibility index (Phi) is 5.56. The summed E-state index contributed by atoms with van der Waals surface area (Å²) < 4.78 is 6.45. The third-order valence-corrected chi connectivity index (χ3v) is 4.63. The second kappa shape index (κ2) is 8.05. The quantitative estimate of drug-likeness (QED) is 0.272. The van der Waals surface area contributed by atoms with Gasteiger partial charge in [-0.3, -0.25) is 10.1 Å². The summed E-state index contributed by atoms with van der Waals surface area (Å²) in [7, 11) is 0. The number of nitrogens with zero attached hydrogens (tertiary/aromatic N) is 3. The maximum atomic E-state index is 12.2. The molecule has 2 aromatic carbocycles. The standard InChI is InChI=1S/C19H17N3O4S/c1-3-26-19(23)15-12-18(13-8-10-14(27-2)11-9-13)21(20-15)16-6-4-5-7-17(16)22(24)25/h4-12H,3H2,1-2H3. The number of thioether (sulfide) groups is 1. The summed E-state index contributed by atoms with van der Waals surface area (Å²) in [6.07, 6.45) is 1.98. The lowest BCUT2D eigenvalue weighted by Gasteiger charge is -2.08. The number of esters is 1. The zero-order chi connectivity index (χ0) is 19.4. The van der Waals surface area contributed by atoms with Gasteiger partial charge in [-0.2, -0.15) is 5.10 Å². The summed E-state index contributed by atoms with van der Waals surface area (Å²) in [5.74, 6) is -0.572. The Hall–Kier alpha value is -3.13. The molecule has 3 aromatic rings. The molecule has 0 spiro atoms. The fourth-order valence-electron chi connectivity index (χ4n) is 2.63. The van der Waals surface area contributed by atoms with E-state index in [-0.39, 0.29) is 23.7 Å². The van der Waals surface area contributed by atoms with Crippen molar-refractivity contribution in [1.29, 1.82) is 0 Å². The molecule has 0 unspecified atom stereocenters. The predicted molar refractivity (Wildman–Crippen MR) is 103 cm³/mol. The average molecular weight is 383 g/mol. The van der Waals surface area contributed by atoms with Crippen molar-refractivity contribution < 1.29 is 14.5 Å². The van der Waals surface area contributed by atoms with Gasteiger partial charge in [0.25, 0.3) is 5.69 Å². The number of nitro groups is 1. The molecule has 7 nitrogen and oxygen atoms in total. The van der Waals surface area contributed by atoms with Crippen LogP contribution in [-0.4, -0.2) is 33.5 Å². The summed E-state index contributed by atoms with van der Waals surface area (Å²) in [6.45, 7) is 1.92. The summed E-state index contributed by atoms with van der Waals surface area (Å²) in [5.41, 5.74) is 1.63. The smallest absolute Gasteiger partial charge is 0.358 e. The van der Waals surface area contributed by atoms with Gasteiger partial charge in [0.1, 0.15) is 5.69 Å². The van der Waals surface area contributed by atoms with Gasteiger partial charge in [0.15, 0.2) is 5.69 Å². The van der Waals surface area contributed by atoms with Crippen molar-refractivity contribution in [3.05, 3.63) is 70.4 Å². The normalized spacial score (nSPS) is 10.6. The maximum Gasteiger partial charge on any atom is 0.358 e. The van der Waals surface area contributed by atoms with E-state index in [2.05, 4.69) is 5.10 Å². The molecule has 27 heavy (non-hydrogen) atoms. The molecule has 0 bridgehead atoms. The van der Waals surface area contributed by atoms with Crippen molar-refractivity contribution in [2.75, 3.05) is 12.9 Å². The summed E-state index contributed by atoms with van der Waals surface area (Å²) in [5, 5.41) is 15.7. The molecule has 0 atom stereocenters. The van der Waals surface area contributed by atoms with Gasteiger partial charge in [-0.25, -0.2) is 9.48 Å². The van der Waals surface area contributed by atoms with Crippen molar-refractivity contribution in [2.45, 2.75) is 11.8 Å². The first-order chi connectivity index (χ1) is 13.0. The number of benzene rings is 2. The Bertz CT molecular complexity index is 983. The molecule has 0 aliphatic heterocycles. The highest BCUT2D eigenvalue weighted by Crippen LogP contribution is 2.30. The topological polar surface area (TPSA) is 87.3 Å². The third kappa shape index (κ3) is 3.85. The molecule has 3 rings (SSSR count). The van der Waals surface area contributed by atoms with Gasteiger partial charge >= 0.3 is 5.97 Å². The van der Waals surface area contributed by atoms with Crippen molar-refractivity contribution in [3.8, 4) is 16.9 Å².